The minimum Gasteiger partial charge on any atom is -0.881 e. The molecule has 0 aliphatic carbocycles. The zero-order chi connectivity index (χ0) is 53.1. The Morgan fingerprint density at radius 3 is 0.217 bits per heavy atom. The molecule has 24 heteroatoms. The maximum Gasteiger partial charge on any atom is 0.0675 e. The van der Waals surface area contributed by atoms with E-state index in [1.807, 2.05) is 0 Å². The van der Waals surface area contributed by atoms with Crippen molar-refractivity contribution in [2.24, 2.45) is 0 Å². The zero-order valence-electron chi connectivity index (χ0n) is 44.9. The summed E-state index contributed by atoms with van der Waals surface area (Å²) in [6.45, 7) is 0. The maximum atomic E-state index is 8.98. The number of quaternary nitrogens is 8. The first-order chi connectivity index (χ1) is 25.1. The van der Waals surface area contributed by atoms with E-state index in [-0.39, 0.29) is 0 Å². The summed E-state index contributed by atoms with van der Waals surface area (Å²) in [5, 5.41) is 101. The number of hydrogen-bond acceptors (Lipinski definition) is 12. The lowest BCUT2D eigenvalue weighted by Gasteiger charge is -2.14. The lowest BCUT2D eigenvalue weighted by Crippen LogP contribution is -2.43. The molecule has 0 spiro atoms. The summed E-state index contributed by atoms with van der Waals surface area (Å²) in [6, 6.07) is 0. The van der Waals surface area contributed by atoms with Crippen LogP contribution in [0.3, 0.4) is 0 Å². The van der Waals surface area contributed by atoms with E-state index < -0.39 is 28.5 Å². The molecule has 0 aliphatic heterocycles. The van der Waals surface area contributed by atoms with Crippen LogP contribution in [0.25, 0.3) is 0 Å². The monoisotopic (exact) mass is 869 g/mol. The van der Waals surface area contributed by atoms with E-state index >= 15 is 0 Å². The lowest BCUT2D eigenvalue weighted by atomic mass is 9.97. The largest absolute Gasteiger partial charge is 0.881 e. The fraction of sp³-hybridized carbons (Fsp3) is 0.889. The van der Waals surface area contributed by atoms with Gasteiger partial charge in [0, 0.05) is 28.5 Å². The fourth-order valence-corrected chi connectivity index (χ4v) is 0. The minimum absolute atomic E-state index is 0.917. The summed E-state index contributed by atoms with van der Waals surface area (Å²) in [6.07, 6.45) is 0. The van der Waals surface area contributed by atoms with Crippen molar-refractivity contribution < 1.29 is 76.1 Å². The van der Waals surface area contributed by atoms with Crippen LogP contribution in [0, 0.1) is 44.9 Å². The molecule has 0 unspecified atom stereocenters. The van der Waals surface area contributed by atoms with E-state index in [1.165, 1.54) is 0 Å². The van der Waals surface area contributed by atoms with Gasteiger partial charge in [-0.2, -0.15) is 0 Å². The summed E-state index contributed by atoms with van der Waals surface area (Å²) in [5.74, 6) is 3.67. The SMILES string of the molecule is C[N+](C)(C)C.C[N+](C)(C)C.C[N+](C)(C)C.C[N+](C)(C)C.C[N+](C)(C)C.C[N+](C)(C)C.C[N+](C)(C)C.C[N+](C)(C)C.N#CB([O-])[O-].N#CB([O-])[O-].N#CB([O-])[O-].N#CB([O-])[O-]. The smallest absolute Gasteiger partial charge is 0.0675 e. The Morgan fingerprint density at radius 2 is 0.217 bits per heavy atom. The number of nitrogens with zero attached hydrogens (tertiary/aromatic N) is 12. The first-order valence-electron chi connectivity index (χ1n) is 18.2. The molecule has 0 atom stereocenters. The maximum absolute atomic E-state index is 8.98. The highest BCUT2D eigenvalue weighted by molar-refractivity contribution is 6.47. The van der Waals surface area contributed by atoms with Crippen LogP contribution in [0.5, 0.6) is 0 Å². The van der Waals surface area contributed by atoms with Gasteiger partial charge in [0.25, 0.3) is 0 Å². The molecule has 360 valence electrons. The number of rotatable bonds is 0. The van der Waals surface area contributed by atoms with Gasteiger partial charge in [-0.25, -0.2) is 21.0 Å². The van der Waals surface area contributed by atoms with Crippen molar-refractivity contribution in [2.75, 3.05) is 226 Å². The molecule has 0 aromatic carbocycles. The quantitative estimate of drug-likeness (QED) is 0.162. The average molecular weight is 868 g/mol. The Hall–Kier alpha value is -2.42. The third-order valence-corrected chi connectivity index (χ3v) is 0.422. The van der Waals surface area contributed by atoms with Crippen molar-refractivity contribution in [3.05, 3.63) is 0 Å². The van der Waals surface area contributed by atoms with Crippen LogP contribution in [0.2, 0.25) is 0 Å². The van der Waals surface area contributed by atoms with Crippen molar-refractivity contribution >= 4 is 28.5 Å². The van der Waals surface area contributed by atoms with Crippen molar-refractivity contribution in [3.8, 4) is 23.9 Å². The molecular weight excluding hydrogens is 772 g/mol. The third kappa shape index (κ3) is 5320. The molecule has 0 aromatic heterocycles. The van der Waals surface area contributed by atoms with Gasteiger partial charge in [-0.15, -0.1) is 0 Å². The molecule has 0 rings (SSSR count). The van der Waals surface area contributed by atoms with Gasteiger partial charge in [0.2, 0.25) is 0 Å². The van der Waals surface area contributed by atoms with Crippen LogP contribution in [0.15, 0.2) is 0 Å². The Labute approximate surface area is 374 Å². The van der Waals surface area contributed by atoms with Crippen molar-refractivity contribution in [1.82, 2.24) is 0 Å². The van der Waals surface area contributed by atoms with Crippen molar-refractivity contribution in [1.29, 1.82) is 21.0 Å². The summed E-state index contributed by atoms with van der Waals surface area (Å²) >= 11 is 0. The predicted octanol–water partition coefficient (Wildman–Crippen LogP) is -8.39. The molecule has 0 aromatic rings. The highest BCUT2D eigenvalue weighted by Gasteiger charge is 1.91. The summed E-state index contributed by atoms with van der Waals surface area (Å²) < 4.78 is 8.00. The Morgan fingerprint density at radius 1 is 0.200 bits per heavy atom. The fourth-order valence-electron chi connectivity index (χ4n) is 0. The third-order valence-electron chi connectivity index (χ3n) is 0.422. The van der Waals surface area contributed by atoms with Crippen molar-refractivity contribution in [3.63, 3.8) is 0 Å². The van der Waals surface area contributed by atoms with E-state index in [0.29, 0.717) is 0 Å². The first-order valence-corrected chi connectivity index (χ1v) is 18.2. The molecule has 0 saturated carbocycles. The summed E-state index contributed by atoms with van der Waals surface area (Å²) in [7, 11) is 58.8. The van der Waals surface area contributed by atoms with Crippen LogP contribution in [-0.2, 0) is 0 Å². The van der Waals surface area contributed by atoms with Gasteiger partial charge in [0.1, 0.15) is 0 Å². The van der Waals surface area contributed by atoms with E-state index in [0.717, 1.165) is 59.7 Å². The number of nitriles is 4. The van der Waals surface area contributed by atoms with Crippen LogP contribution in [-0.4, -0.2) is 290 Å². The van der Waals surface area contributed by atoms with Crippen LogP contribution < -0.4 is 40.2 Å². The second kappa shape index (κ2) is 46.1. The minimum atomic E-state index is -2.31. The van der Waals surface area contributed by atoms with Gasteiger partial charge in [-0.05, 0) is 23.9 Å². The molecule has 20 nitrogen and oxygen atoms in total. The Bertz CT molecular complexity index is 781. The van der Waals surface area contributed by atoms with E-state index in [1.54, 1.807) is 0 Å². The van der Waals surface area contributed by atoms with Gasteiger partial charge in [-0.1, -0.05) is 0 Å². The molecule has 0 amide bonds. The second-order valence-corrected chi connectivity index (χ2v) is 23.3. The van der Waals surface area contributed by atoms with Gasteiger partial charge < -0.3 is 76.1 Å². The van der Waals surface area contributed by atoms with Gasteiger partial charge in [0.15, 0.2) is 0 Å². The molecule has 0 bridgehead atoms. The average Bonchev–Trinajstić information content (AvgIpc) is 2.81. The molecular formula is C36H96B4N12O8. The Kier molecular flexibility index (Phi) is 68.2. The molecule has 0 fully saturated rings. The van der Waals surface area contributed by atoms with Gasteiger partial charge in [0.05, 0.1) is 226 Å². The molecule has 60 heavy (non-hydrogen) atoms. The van der Waals surface area contributed by atoms with Gasteiger partial charge in [-0.3, -0.25) is 0 Å². The number of hydrogen-bond donors (Lipinski definition) is 0. The highest BCUT2D eigenvalue weighted by atomic mass is 16.4. The van der Waals surface area contributed by atoms with Crippen molar-refractivity contribution in [2.45, 2.75) is 0 Å². The second-order valence-electron chi connectivity index (χ2n) is 23.3. The molecule has 0 radical (unpaired) electrons. The first kappa shape index (κ1) is 88.7. The molecule has 0 aliphatic rings. The van der Waals surface area contributed by atoms with Crippen LogP contribution in [0.4, 0.5) is 0 Å². The highest BCUT2D eigenvalue weighted by Crippen LogP contribution is 1.76. The standard InChI is InChI=1S/8C4H12N.4CBNO2/c8*1-5(2,3)4;4*3-1-2(4)5/h8*1-4H3;;;;/q8*+1;4*-2. The van der Waals surface area contributed by atoms with Crippen LogP contribution in [0.1, 0.15) is 0 Å². The normalized spacial score (nSPS) is 9.93. The molecule has 0 saturated heterocycles. The summed E-state index contributed by atoms with van der Waals surface area (Å²) in [4.78, 5) is 0. The zero-order valence-corrected chi connectivity index (χ0v) is 44.9. The lowest BCUT2D eigenvalue weighted by molar-refractivity contribution is -0.849. The topological polar surface area (TPSA) is 280 Å². The predicted molar refractivity (Wildman–Crippen MR) is 237 cm³/mol. The van der Waals surface area contributed by atoms with E-state index in [9.17, 15) is 0 Å². The molecule has 0 N–H and O–H groups in total. The molecule has 0 heterocycles. The van der Waals surface area contributed by atoms with E-state index in [2.05, 4.69) is 226 Å². The van der Waals surface area contributed by atoms with Gasteiger partial charge >= 0.3 is 0 Å². The van der Waals surface area contributed by atoms with Crippen LogP contribution >= 0.6 is 0 Å². The Balaban J connectivity index is -0.0000000419. The van der Waals surface area contributed by atoms with E-state index in [4.69, 9.17) is 61.2 Å². The summed E-state index contributed by atoms with van der Waals surface area (Å²) in [5.41, 5.74) is 0.